The number of nitrogens with one attached hydrogen (secondary N) is 1. The highest BCUT2D eigenvalue weighted by Gasteiger charge is 2.15. The molecule has 0 aliphatic carbocycles. The van der Waals surface area contributed by atoms with Gasteiger partial charge in [0.2, 0.25) is 0 Å². The van der Waals surface area contributed by atoms with Crippen LogP contribution in [0.5, 0.6) is 0 Å². The number of fused-ring (bicyclic) bond motifs is 1. The van der Waals surface area contributed by atoms with E-state index in [-0.39, 0.29) is 5.69 Å². The number of benzene rings is 2. The number of hydrogen-bond donors (Lipinski definition) is 1. The fourth-order valence-corrected chi connectivity index (χ4v) is 2.76. The highest BCUT2D eigenvalue weighted by Crippen LogP contribution is 2.25. The third-order valence-corrected chi connectivity index (χ3v) is 4.01. The van der Waals surface area contributed by atoms with Crippen LogP contribution in [0.15, 0.2) is 79.0 Å². The maximum atomic E-state index is 13.9. The number of nitrogens with zero attached hydrogens (tertiary/aromatic N) is 2. The fraction of sp³-hybridized carbons (Fsp3) is 0. The van der Waals surface area contributed by atoms with Gasteiger partial charge in [0.1, 0.15) is 5.82 Å². The zero-order valence-corrected chi connectivity index (χ0v) is 13.7. The van der Waals surface area contributed by atoms with Crippen LogP contribution in [0.2, 0.25) is 0 Å². The summed E-state index contributed by atoms with van der Waals surface area (Å²) in [6.07, 6.45) is 1.67. The molecule has 0 radical (unpaired) electrons. The van der Waals surface area contributed by atoms with Crippen LogP contribution in [0.3, 0.4) is 0 Å². The van der Waals surface area contributed by atoms with Crippen molar-refractivity contribution in [2.45, 2.75) is 0 Å². The lowest BCUT2D eigenvalue weighted by Crippen LogP contribution is -2.14. The van der Waals surface area contributed by atoms with Crippen LogP contribution in [0.25, 0.3) is 22.3 Å². The monoisotopic (exact) mass is 343 g/mol. The van der Waals surface area contributed by atoms with Gasteiger partial charge in [-0.3, -0.25) is 9.78 Å². The van der Waals surface area contributed by atoms with Crippen LogP contribution in [0, 0.1) is 5.82 Å². The van der Waals surface area contributed by atoms with E-state index in [1.807, 2.05) is 42.5 Å². The number of pyridine rings is 2. The van der Waals surface area contributed by atoms with Crippen LogP contribution in [0.4, 0.5) is 10.1 Å². The lowest BCUT2D eigenvalue weighted by molar-refractivity contribution is 0.102. The molecule has 0 bridgehead atoms. The number of rotatable bonds is 3. The van der Waals surface area contributed by atoms with Crippen LogP contribution in [-0.2, 0) is 0 Å². The van der Waals surface area contributed by atoms with Crippen molar-refractivity contribution in [1.29, 1.82) is 0 Å². The van der Waals surface area contributed by atoms with Gasteiger partial charge in [-0.15, -0.1) is 0 Å². The molecule has 0 aliphatic rings. The Labute approximate surface area is 149 Å². The van der Waals surface area contributed by atoms with Gasteiger partial charge < -0.3 is 5.32 Å². The largest absolute Gasteiger partial charge is 0.319 e. The molecule has 4 nitrogen and oxygen atoms in total. The van der Waals surface area contributed by atoms with Gasteiger partial charge in [-0.25, -0.2) is 9.37 Å². The zero-order chi connectivity index (χ0) is 17.9. The third-order valence-electron chi connectivity index (χ3n) is 4.01. The van der Waals surface area contributed by atoms with Crippen molar-refractivity contribution >= 4 is 22.5 Å². The summed E-state index contributed by atoms with van der Waals surface area (Å²) in [5, 5.41) is 3.33. The standard InChI is InChI=1S/C21H14FN3O/c22-16-8-2-4-10-18(16)25-21(26)15-13-20(19-11-5-6-12-23-19)24-17-9-3-1-7-14(15)17/h1-13H,(H,25,26). The van der Waals surface area contributed by atoms with Crippen LogP contribution in [-0.4, -0.2) is 15.9 Å². The van der Waals surface area contributed by atoms with Crippen molar-refractivity contribution in [3.8, 4) is 11.4 Å². The maximum Gasteiger partial charge on any atom is 0.256 e. The van der Waals surface area contributed by atoms with Crippen molar-refractivity contribution in [1.82, 2.24) is 9.97 Å². The van der Waals surface area contributed by atoms with Crippen molar-refractivity contribution in [2.24, 2.45) is 0 Å². The van der Waals surface area contributed by atoms with Gasteiger partial charge in [0, 0.05) is 11.6 Å². The molecule has 4 aromatic rings. The van der Waals surface area contributed by atoms with Gasteiger partial charge in [0.15, 0.2) is 0 Å². The molecule has 1 amide bonds. The lowest BCUT2D eigenvalue weighted by Gasteiger charge is -2.11. The molecule has 0 fully saturated rings. The summed E-state index contributed by atoms with van der Waals surface area (Å²) in [6.45, 7) is 0. The van der Waals surface area contributed by atoms with E-state index in [2.05, 4.69) is 15.3 Å². The van der Waals surface area contributed by atoms with E-state index in [0.29, 0.717) is 27.9 Å². The lowest BCUT2D eigenvalue weighted by atomic mass is 10.1. The van der Waals surface area contributed by atoms with E-state index in [0.717, 1.165) is 0 Å². The van der Waals surface area contributed by atoms with Gasteiger partial charge in [0.25, 0.3) is 5.91 Å². The molecule has 2 heterocycles. The number of para-hydroxylation sites is 2. The van der Waals surface area contributed by atoms with Crippen LogP contribution in [0.1, 0.15) is 10.4 Å². The SMILES string of the molecule is O=C(Nc1ccccc1F)c1cc(-c2ccccn2)nc2ccccc12. The van der Waals surface area contributed by atoms with Crippen molar-refractivity contribution < 1.29 is 9.18 Å². The number of carbonyl (C=O) groups excluding carboxylic acids is 1. The highest BCUT2D eigenvalue weighted by molar-refractivity contribution is 6.13. The van der Waals surface area contributed by atoms with E-state index in [9.17, 15) is 9.18 Å². The summed E-state index contributed by atoms with van der Waals surface area (Å²) < 4.78 is 13.9. The highest BCUT2D eigenvalue weighted by atomic mass is 19.1. The Morgan fingerprint density at radius 1 is 0.885 bits per heavy atom. The minimum absolute atomic E-state index is 0.137. The topological polar surface area (TPSA) is 54.9 Å². The van der Waals surface area contributed by atoms with Crippen molar-refractivity contribution in [3.63, 3.8) is 0 Å². The van der Waals surface area contributed by atoms with E-state index >= 15 is 0 Å². The smallest absolute Gasteiger partial charge is 0.256 e. The van der Waals surface area contributed by atoms with Gasteiger partial charge in [-0.2, -0.15) is 0 Å². The molecular weight excluding hydrogens is 329 g/mol. The number of amides is 1. The second kappa shape index (κ2) is 6.72. The van der Waals surface area contributed by atoms with E-state index < -0.39 is 11.7 Å². The minimum Gasteiger partial charge on any atom is -0.319 e. The first kappa shape index (κ1) is 15.9. The fourth-order valence-electron chi connectivity index (χ4n) is 2.76. The molecule has 5 heteroatoms. The third kappa shape index (κ3) is 3.02. The predicted octanol–water partition coefficient (Wildman–Crippen LogP) is 4.69. The van der Waals surface area contributed by atoms with Gasteiger partial charge in [0.05, 0.1) is 28.2 Å². The van der Waals surface area contributed by atoms with Crippen LogP contribution >= 0.6 is 0 Å². The minimum atomic E-state index is -0.482. The van der Waals surface area contributed by atoms with E-state index in [1.165, 1.54) is 12.1 Å². The molecule has 0 aliphatic heterocycles. The summed E-state index contributed by atoms with van der Waals surface area (Å²) in [5.74, 6) is -0.880. The molecule has 2 aromatic heterocycles. The molecule has 0 saturated carbocycles. The van der Waals surface area contributed by atoms with E-state index in [4.69, 9.17) is 0 Å². The maximum absolute atomic E-state index is 13.9. The quantitative estimate of drug-likeness (QED) is 0.587. The van der Waals surface area contributed by atoms with E-state index in [1.54, 1.807) is 24.4 Å². The molecule has 1 N–H and O–H groups in total. The van der Waals surface area contributed by atoms with Gasteiger partial charge in [-0.1, -0.05) is 36.4 Å². The number of halogens is 1. The average molecular weight is 343 g/mol. The molecule has 0 spiro atoms. The Morgan fingerprint density at radius 3 is 2.46 bits per heavy atom. The van der Waals surface area contributed by atoms with Gasteiger partial charge in [-0.05, 0) is 36.4 Å². The molecule has 0 unspecified atom stereocenters. The molecule has 126 valence electrons. The second-order valence-corrected chi connectivity index (χ2v) is 5.72. The molecule has 0 atom stereocenters. The predicted molar refractivity (Wildman–Crippen MR) is 99.3 cm³/mol. The second-order valence-electron chi connectivity index (χ2n) is 5.72. The number of hydrogen-bond acceptors (Lipinski definition) is 3. The first-order valence-corrected chi connectivity index (χ1v) is 8.09. The summed E-state index contributed by atoms with van der Waals surface area (Å²) in [5.41, 5.74) is 2.48. The summed E-state index contributed by atoms with van der Waals surface area (Å²) in [4.78, 5) is 21.7. The zero-order valence-electron chi connectivity index (χ0n) is 13.7. The Bertz CT molecular complexity index is 1100. The summed E-state index contributed by atoms with van der Waals surface area (Å²) >= 11 is 0. The Morgan fingerprint density at radius 2 is 1.65 bits per heavy atom. The number of aromatic nitrogens is 2. The first-order valence-electron chi connectivity index (χ1n) is 8.09. The Balaban J connectivity index is 1.83. The first-order chi connectivity index (χ1) is 12.7. The summed E-state index contributed by atoms with van der Waals surface area (Å²) in [7, 11) is 0. The van der Waals surface area contributed by atoms with Crippen molar-refractivity contribution in [3.05, 3.63) is 90.4 Å². The molecular formula is C21H14FN3O. The Hall–Kier alpha value is -3.60. The number of carbonyl (C=O) groups is 1. The Kier molecular flexibility index (Phi) is 4.11. The molecule has 2 aromatic carbocycles. The van der Waals surface area contributed by atoms with Crippen molar-refractivity contribution in [2.75, 3.05) is 5.32 Å². The molecule has 26 heavy (non-hydrogen) atoms. The average Bonchev–Trinajstić information content (AvgIpc) is 2.69. The molecule has 0 saturated heterocycles. The van der Waals surface area contributed by atoms with Crippen LogP contribution < -0.4 is 5.32 Å². The summed E-state index contributed by atoms with van der Waals surface area (Å²) in [6, 6.07) is 20.6. The number of anilines is 1. The normalized spacial score (nSPS) is 10.7. The van der Waals surface area contributed by atoms with Gasteiger partial charge >= 0.3 is 0 Å². The molecule has 4 rings (SSSR count).